The summed E-state index contributed by atoms with van der Waals surface area (Å²) >= 11 is 0. The number of primary amides is 1. The van der Waals surface area contributed by atoms with Crippen molar-refractivity contribution in [2.75, 3.05) is 0 Å². The lowest BCUT2D eigenvalue weighted by molar-refractivity contribution is -0.148. The van der Waals surface area contributed by atoms with Crippen LogP contribution in [0.2, 0.25) is 0 Å². The number of nitrogens with one attached hydrogen (secondary N) is 1. The molecule has 0 heterocycles. The predicted molar refractivity (Wildman–Crippen MR) is 86.3 cm³/mol. The summed E-state index contributed by atoms with van der Waals surface area (Å²) in [4.78, 5) is 36.1. The van der Waals surface area contributed by atoms with E-state index in [1.165, 1.54) is 19.3 Å². The predicted octanol–water partition coefficient (Wildman–Crippen LogP) is 1.93. The van der Waals surface area contributed by atoms with Crippen LogP contribution in [-0.2, 0) is 14.4 Å². The average molecular weight is 320 g/mol. The van der Waals surface area contributed by atoms with Gasteiger partial charge in [-0.1, -0.05) is 6.92 Å². The zero-order chi connectivity index (χ0) is 16.6. The molecule has 4 aliphatic rings. The van der Waals surface area contributed by atoms with E-state index in [9.17, 15) is 14.4 Å². The van der Waals surface area contributed by atoms with E-state index in [0.29, 0.717) is 37.0 Å². The molecule has 0 aromatic heterocycles. The number of Topliss-reactive ketones (excluding diaryl/α,β-unsaturated/α-hetero) is 1. The molecule has 0 radical (unpaired) electrons. The highest BCUT2D eigenvalue weighted by Crippen LogP contribution is 2.60. The van der Waals surface area contributed by atoms with Gasteiger partial charge in [-0.25, -0.2) is 0 Å². The topological polar surface area (TPSA) is 89.3 Å². The van der Waals surface area contributed by atoms with Crippen LogP contribution >= 0.6 is 0 Å². The van der Waals surface area contributed by atoms with Crippen molar-refractivity contribution in [3.63, 3.8) is 0 Å². The molecule has 0 aromatic carbocycles. The van der Waals surface area contributed by atoms with Crippen LogP contribution in [0.5, 0.6) is 0 Å². The van der Waals surface area contributed by atoms with Crippen molar-refractivity contribution >= 4 is 17.6 Å². The highest BCUT2D eigenvalue weighted by atomic mass is 16.2. The molecule has 128 valence electrons. The lowest BCUT2D eigenvalue weighted by atomic mass is 9.49. The molecule has 5 heteroatoms. The first-order valence-electron chi connectivity index (χ1n) is 9.04. The van der Waals surface area contributed by atoms with E-state index in [2.05, 4.69) is 5.32 Å². The first-order chi connectivity index (χ1) is 10.9. The minimum atomic E-state index is -0.717. The number of amides is 2. The van der Waals surface area contributed by atoms with Crippen LogP contribution in [0.3, 0.4) is 0 Å². The molecule has 23 heavy (non-hydrogen) atoms. The number of carbonyl (C=O) groups is 3. The molecular formula is C18H28N2O3. The van der Waals surface area contributed by atoms with Gasteiger partial charge in [-0.2, -0.15) is 0 Å². The second kappa shape index (κ2) is 6.25. The maximum atomic E-state index is 12.9. The Bertz CT molecular complexity index is 479. The normalized spacial score (nSPS) is 35.8. The van der Waals surface area contributed by atoms with Gasteiger partial charge in [0.15, 0.2) is 0 Å². The maximum Gasteiger partial charge on any atom is 0.240 e. The van der Waals surface area contributed by atoms with Crippen LogP contribution in [0, 0.1) is 23.2 Å². The Morgan fingerprint density at radius 2 is 1.61 bits per heavy atom. The quantitative estimate of drug-likeness (QED) is 0.751. The summed E-state index contributed by atoms with van der Waals surface area (Å²) in [7, 11) is 0. The number of carbonyl (C=O) groups excluding carboxylic acids is 3. The third kappa shape index (κ3) is 3.29. The Labute approximate surface area is 137 Å². The van der Waals surface area contributed by atoms with Crippen molar-refractivity contribution in [3.05, 3.63) is 0 Å². The molecule has 0 aliphatic heterocycles. The molecular weight excluding hydrogens is 292 g/mol. The van der Waals surface area contributed by atoms with Gasteiger partial charge >= 0.3 is 0 Å². The van der Waals surface area contributed by atoms with Gasteiger partial charge < -0.3 is 11.1 Å². The van der Waals surface area contributed by atoms with Crippen LogP contribution in [0.4, 0.5) is 0 Å². The van der Waals surface area contributed by atoms with Crippen LogP contribution in [0.15, 0.2) is 0 Å². The number of nitrogens with two attached hydrogens (primary N) is 1. The van der Waals surface area contributed by atoms with Gasteiger partial charge in [-0.15, -0.1) is 0 Å². The van der Waals surface area contributed by atoms with Gasteiger partial charge in [0.1, 0.15) is 11.8 Å². The van der Waals surface area contributed by atoms with Crippen molar-refractivity contribution in [2.24, 2.45) is 28.9 Å². The molecule has 0 unspecified atom stereocenters. The second-order valence-corrected chi connectivity index (χ2v) is 8.06. The highest BCUT2D eigenvalue weighted by molar-refractivity contribution is 5.90. The van der Waals surface area contributed by atoms with Crippen molar-refractivity contribution < 1.29 is 14.4 Å². The molecule has 0 saturated heterocycles. The summed E-state index contributed by atoms with van der Waals surface area (Å²) in [6.07, 6.45) is 7.78. The summed E-state index contributed by atoms with van der Waals surface area (Å²) in [5.74, 6) is 1.61. The fourth-order valence-electron chi connectivity index (χ4n) is 5.47. The lowest BCUT2D eigenvalue weighted by Crippen LogP contribution is -2.57. The third-order valence-corrected chi connectivity index (χ3v) is 6.27. The largest absolute Gasteiger partial charge is 0.368 e. The molecule has 0 spiro atoms. The summed E-state index contributed by atoms with van der Waals surface area (Å²) in [6, 6.07) is -0.717. The molecule has 4 bridgehead atoms. The molecule has 4 aliphatic carbocycles. The average Bonchev–Trinajstić information content (AvgIpc) is 2.49. The van der Waals surface area contributed by atoms with E-state index >= 15 is 0 Å². The van der Waals surface area contributed by atoms with Gasteiger partial charge in [-0.3, -0.25) is 14.4 Å². The van der Waals surface area contributed by atoms with E-state index in [4.69, 9.17) is 5.73 Å². The summed E-state index contributed by atoms with van der Waals surface area (Å²) in [5, 5.41) is 2.89. The van der Waals surface area contributed by atoms with Crippen molar-refractivity contribution in [3.8, 4) is 0 Å². The number of hydrogen-bond donors (Lipinski definition) is 2. The first kappa shape index (κ1) is 16.5. The van der Waals surface area contributed by atoms with E-state index in [-0.39, 0.29) is 17.1 Å². The van der Waals surface area contributed by atoms with E-state index in [1.807, 2.05) is 0 Å². The number of rotatable bonds is 7. The van der Waals surface area contributed by atoms with E-state index in [0.717, 1.165) is 19.3 Å². The molecule has 4 saturated carbocycles. The molecule has 4 rings (SSSR count). The van der Waals surface area contributed by atoms with Crippen LogP contribution < -0.4 is 11.1 Å². The number of hydrogen-bond acceptors (Lipinski definition) is 3. The Kier molecular flexibility index (Phi) is 4.47. The van der Waals surface area contributed by atoms with Crippen LogP contribution in [0.25, 0.3) is 0 Å². The number of ketones is 1. The molecule has 3 N–H and O–H groups in total. The molecule has 0 aromatic rings. The Morgan fingerprint density at radius 1 is 1.09 bits per heavy atom. The molecule has 4 fully saturated rings. The highest BCUT2D eigenvalue weighted by Gasteiger charge is 2.54. The van der Waals surface area contributed by atoms with Gasteiger partial charge in [0, 0.05) is 18.3 Å². The summed E-state index contributed by atoms with van der Waals surface area (Å²) in [6.45, 7) is 1.80. The Hall–Kier alpha value is -1.39. The third-order valence-electron chi connectivity index (χ3n) is 6.27. The SMILES string of the molecule is CCC(=O)CC[C@H](NC(=O)C12CC3CC(CC(C3)C1)C2)C(N)=O. The van der Waals surface area contributed by atoms with Gasteiger partial charge in [0.25, 0.3) is 0 Å². The Balaban J connectivity index is 1.65. The van der Waals surface area contributed by atoms with Gasteiger partial charge in [0.05, 0.1) is 0 Å². The van der Waals surface area contributed by atoms with Crippen LogP contribution in [-0.4, -0.2) is 23.6 Å². The zero-order valence-corrected chi connectivity index (χ0v) is 14.0. The first-order valence-corrected chi connectivity index (χ1v) is 9.04. The van der Waals surface area contributed by atoms with Crippen LogP contribution in [0.1, 0.15) is 64.7 Å². The van der Waals surface area contributed by atoms with Crippen molar-refractivity contribution in [1.82, 2.24) is 5.32 Å². The Morgan fingerprint density at radius 3 is 2.04 bits per heavy atom. The standard InChI is InChI=1S/C18H28N2O3/c1-2-14(21)3-4-15(16(19)22)20-17(23)18-8-11-5-12(9-18)7-13(6-11)10-18/h11-13,15H,2-10H2,1H3,(H2,19,22)(H,20,23)/t11?,12?,13?,15-,18?/m0/s1. The van der Waals surface area contributed by atoms with E-state index in [1.54, 1.807) is 6.92 Å². The fourth-order valence-corrected chi connectivity index (χ4v) is 5.47. The van der Waals surface area contributed by atoms with Gasteiger partial charge in [-0.05, 0) is 62.7 Å². The van der Waals surface area contributed by atoms with Gasteiger partial charge in [0.2, 0.25) is 11.8 Å². The fraction of sp³-hybridized carbons (Fsp3) is 0.833. The smallest absolute Gasteiger partial charge is 0.240 e. The second-order valence-electron chi connectivity index (χ2n) is 8.06. The van der Waals surface area contributed by atoms with Crippen molar-refractivity contribution in [2.45, 2.75) is 70.8 Å². The lowest BCUT2D eigenvalue weighted by Gasteiger charge is -2.55. The monoisotopic (exact) mass is 320 g/mol. The minimum absolute atomic E-state index is 0.00403. The maximum absolute atomic E-state index is 12.9. The molecule has 1 atom stereocenters. The minimum Gasteiger partial charge on any atom is -0.368 e. The summed E-state index contributed by atoms with van der Waals surface area (Å²) < 4.78 is 0. The molecule has 2 amide bonds. The summed E-state index contributed by atoms with van der Waals surface area (Å²) in [5.41, 5.74) is 5.16. The molecule has 5 nitrogen and oxygen atoms in total. The zero-order valence-electron chi connectivity index (χ0n) is 14.0. The van der Waals surface area contributed by atoms with Crippen molar-refractivity contribution in [1.29, 1.82) is 0 Å². The van der Waals surface area contributed by atoms with E-state index < -0.39 is 11.9 Å².